The summed E-state index contributed by atoms with van der Waals surface area (Å²) in [4.78, 5) is 12.4. The van der Waals surface area contributed by atoms with Gasteiger partial charge in [-0.3, -0.25) is 4.79 Å². The number of thiophene rings is 1. The van der Waals surface area contributed by atoms with Gasteiger partial charge < -0.3 is 11.1 Å². The van der Waals surface area contributed by atoms with Gasteiger partial charge in [-0.25, -0.2) is 0 Å². The molecule has 4 aliphatic carbocycles. The molecule has 4 saturated carbocycles. The molecule has 1 amide bonds. The second-order valence-corrected chi connectivity index (χ2v) is 8.00. The van der Waals surface area contributed by atoms with E-state index in [-0.39, 0.29) is 5.91 Å². The highest BCUT2D eigenvalue weighted by Crippen LogP contribution is 2.53. The summed E-state index contributed by atoms with van der Waals surface area (Å²) < 4.78 is 0. The van der Waals surface area contributed by atoms with Crippen molar-refractivity contribution in [1.29, 1.82) is 0 Å². The largest absolute Gasteiger partial charge is 0.366 e. The number of rotatable bonds is 4. The van der Waals surface area contributed by atoms with E-state index in [1.54, 1.807) is 11.3 Å². The van der Waals surface area contributed by atoms with Crippen LogP contribution in [0.4, 0.5) is 0 Å². The molecule has 0 spiro atoms. The molecule has 108 valence electrons. The molecule has 4 aliphatic rings. The van der Waals surface area contributed by atoms with Gasteiger partial charge in [0.15, 0.2) is 0 Å². The molecule has 1 heterocycles. The first-order chi connectivity index (χ1) is 9.69. The zero-order valence-corrected chi connectivity index (χ0v) is 12.5. The van der Waals surface area contributed by atoms with Gasteiger partial charge in [0.05, 0.1) is 5.56 Å². The predicted octanol–water partition coefficient (Wildman–Crippen LogP) is 2.76. The normalized spacial score (nSPS) is 38.3. The van der Waals surface area contributed by atoms with E-state index in [9.17, 15) is 4.79 Å². The van der Waals surface area contributed by atoms with E-state index >= 15 is 0 Å². The molecule has 0 radical (unpaired) electrons. The molecule has 20 heavy (non-hydrogen) atoms. The fraction of sp³-hybridized carbons (Fsp3) is 0.688. The van der Waals surface area contributed by atoms with Gasteiger partial charge in [-0.15, -0.1) is 11.3 Å². The lowest BCUT2D eigenvalue weighted by Crippen LogP contribution is -2.54. The average Bonchev–Trinajstić information content (AvgIpc) is 2.86. The number of nitrogens with two attached hydrogens (primary N) is 1. The summed E-state index contributed by atoms with van der Waals surface area (Å²) in [6.45, 7) is 0.894. The van der Waals surface area contributed by atoms with Crippen LogP contribution in [0.5, 0.6) is 0 Å². The Morgan fingerprint density at radius 1 is 1.20 bits per heavy atom. The van der Waals surface area contributed by atoms with E-state index in [1.807, 2.05) is 11.4 Å². The predicted molar refractivity (Wildman–Crippen MR) is 80.5 cm³/mol. The Morgan fingerprint density at radius 2 is 1.85 bits per heavy atom. The standard InChI is InChI=1S/C16H22N2OS/c17-16(19)13-6-14(20-8-13)7-18-15-11-2-9-1-10(4-11)5-12(15)3-9/h6,8-12,15,18H,1-5,7H2,(H2,17,19). The first kappa shape index (κ1) is 12.8. The second-order valence-electron chi connectivity index (χ2n) is 7.00. The van der Waals surface area contributed by atoms with E-state index in [0.29, 0.717) is 11.6 Å². The van der Waals surface area contributed by atoms with Crippen LogP contribution in [0.15, 0.2) is 11.4 Å². The SMILES string of the molecule is NC(=O)c1csc(CNC2C3CC4CC(C3)CC2C4)c1. The Kier molecular flexibility index (Phi) is 3.11. The Morgan fingerprint density at radius 3 is 2.40 bits per heavy atom. The Labute approximate surface area is 123 Å². The fourth-order valence-corrected chi connectivity index (χ4v) is 5.90. The molecule has 0 aromatic carbocycles. The van der Waals surface area contributed by atoms with Crippen LogP contribution >= 0.6 is 11.3 Å². The van der Waals surface area contributed by atoms with Crippen LogP contribution in [0.25, 0.3) is 0 Å². The molecule has 0 aliphatic heterocycles. The molecule has 1 aromatic heterocycles. The maximum absolute atomic E-state index is 11.1. The number of carbonyl (C=O) groups is 1. The molecule has 0 saturated heterocycles. The quantitative estimate of drug-likeness (QED) is 0.896. The Bertz CT molecular complexity index is 496. The van der Waals surface area contributed by atoms with Gasteiger partial charge in [-0.1, -0.05) is 0 Å². The number of nitrogens with one attached hydrogen (secondary N) is 1. The molecule has 1 aromatic rings. The van der Waals surface area contributed by atoms with Crippen molar-refractivity contribution >= 4 is 17.2 Å². The van der Waals surface area contributed by atoms with Crippen LogP contribution in [0.1, 0.15) is 47.3 Å². The lowest BCUT2D eigenvalue weighted by atomic mass is 9.54. The van der Waals surface area contributed by atoms with E-state index < -0.39 is 0 Å². The number of hydrogen-bond donors (Lipinski definition) is 2. The van der Waals surface area contributed by atoms with E-state index in [4.69, 9.17) is 5.73 Å². The zero-order valence-electron chi connectivity index (χ0n) is 11.7. The second kappa shape index (κ2) is 4.85. The topological polar surface area (TPSA) is 55.1 Å². The van der Waals surface area contributed by atoms with Gasteiger partial charge in [-0.2, -0.15) is 0 Å². The van der Waals surface area contributed by atoms with Gasteiger partial charge in [0.1, 0.15) is 0 Å². The summed E-state index contributed by atoms with van der Waals surface area (Å²) in [5, 5.41) is 5.66. The van der Waals surface area contributed by atoms with Crippen LogP contribution in [0.3, 0.4) is 0 Å². The Hall–Kier alpha value is -0.870. The van der Waals surface area contributed by atoms with Crippen molar-refractivity contribution in [3.8, 4) is 0 Å². The van der Waals surface area contributed by atoms with Crippen molar-refractivity contribution < 1.29 is 4.79 Å². The first-order valence-corrected chi connectivity index (χ1v) is 8.67. The molecule has 3 N–H and O–H groups in total. The molecule has 4 fully saturated rings. The van der Waals surface area contributed by atoms with E-state index in [0.717, 1.165) is 30.2 Å². The van der Waals surface area contributed by atoms with Crippen molar-refractivity contribution in [2.75, 3.05) is 0 Å². The molecule has 3 nitrogen and oxygen atoms in total. The zero-order chi connectivity index (χ0) is 13.7. The average molecular weight is 290 g/mol. The third-order valence-corrected chi connectivity index (χ3v) is 6.61. The maximum Gasteiger partial charge on any atom is 0.249 e. The minimum atomic E-state index is -0.317. The minimum absolute atomic E-state index is 0.317. The first-order valence-electron chi connectivity index (χ1n) is 7.79. The number of amides is 1. The number of carbonyl (C=O) groups excluding carboxylic acids is 1. The summed E-state index contributed by atoms with van der Waals surface area (Å²) in [6, 6.07) is 2.65. The molecule has 4 heteroatoms. The van der Waals surface area contributed by atoms with Crippen LogP contribution in [-0.2, 0) is 6.54 Å². The molecule has 4 bridgehead atoms. The highest BCUT2D eigenvalue weighted by Gasteiger charge is 2.47. The Balaban J connectivity index is 1.40. The molecule has 0 atom stereocenters. The van der Waals surface area contributed by atoms with Gasteiger partial charge in [0, 0.05) is 22.8 Å². The summed E-state index contributed by atoms with van der Waals surface area (Å²) in [5.41, 5.74) is 5.96. The van der Waals surface area contributed by atoms with Crippen LogP contribution < -0.4 is 11.1 Å². The minimum Gasteiger partial charge on any atom is -0.366 e. The van der Waals surface area contributed by atoms with Crippen molar-refractivity contribution in [1.82, 2.24) is 5.32 Å². The summed E-state index contributed by atoms with van der Waals surface area (Å²) in [7, 11) is 0. The number of hydrogen-bond acceptors (Lipinski definition) is 3. The molecular formula is C16H22N2OS. The fourth-order valence-electron chi connectivity index (χ4n) is 5.08. The highest BCUT2D eigenvalue weighted by atomic mass is 32.1. The van der Waals surface area contributed by atoms with Crippen LogP contribution in [0, 0.1) is 23.7 Å². The van der Waals surface area contributed by atoms with E-state index in [2.05, 4.69) is 5.32 Å². The maximum atomic E-state index is 11.1. The summed E-state index contributed by atoms with van der Waals surface area (Å²) >= 11 is 1.64. The molecular weight excluding hydrogens is 268 g/mol. The summed E-state index contributed by atoms with van der Waals surface area (Å²) in [5.74, 6) is 3.54. The van der Waals surface area contributed by atoms with Gasteiger partial charge in [-0.05, 0) is 61.8 Å². The highest BCUT2D eigenvalue weighted by molar-refractivity contribution is 7.10. The van der Waals surface area contributed by atoms with Gasteiger partial charge in [0.25, 0.3) is 0 Å². The third-order valence-electron chi connectivity index (χ3n) is 5.68. The third kappa shape index (κ3) is 2.19. The smallest absolute Gasteiger partial charge is 0.249 e. The number of primary amides is 1. The van der Waals surface area contributed by atoms with E-state index in [1.165, 1.54) is 37.0 Å². The monoisotopic (exact) mass is 290 g/mol. The van der Waals surface area contributed by atoms with Crippen molar-refractivity contribution in [2.24, 2.45) is 29.4 Å². The lowest BCUT2D eigenvalue weighted by Gasteiger charge is -2.54. The summed E-state index contributed by atoms with van der Waals surface area (Å²) in [6.07, 6.45) is 7.29. The van der Waals surface area contributed by atoms with Gasteiger partial charge in [0.2, 0.25) is 5.91 Å². The van der Waals surface area contributed by atoms with Crippen molar-refractivity contribution in [2.45, 2.75) is 44.7 Å². The van der Waals surface area contributed by atoms with Crippen molar-refractivity contribution in [3.63, 3.8) is 0 Å². The van der Waals surface area contributed by atoms with Crippen LogP contribution in [-0.4, -0.2) is 11.9 Å². The van der Waals surface area contributed by atoms with Crippen molar-refractivity contribution in [3.05, 3.63) is 21.9 Å². The molecule has 0 unspecified atom stereocenters. The van der Waals surface area contributed by atoms with Gasteiger partial charge >= 0.3 is 0 Å². The van der Waals surface area contributed by atoms with Crippen LogP contribution in [0.2, 0.25) is 0 Å². The molecule has 5 rings (SSSR count). The lowest BCUT2D eigenvalue weighted by molar-refractivity contribution is -0.0141.